The molecule has 1 aromatic rings. The Kier molecular flexibility index (Phi) is 4.85. The molecule has 0 radical (unpaired) electrons. The molecule has 0 heterocycles. The molecule has 2 aliphatic rings. The van der Waals surface area contributed by atoms with Gasteiger partial charge in [-0.1, -0.05) is 32.6 Å². The van der Waals surface area contributed by atoms with E-state index >= 15 is 0 Å². The molecule has 0 saturated heterocycles. The Morgan fingerprint density at radius 3 is 2.00 bits per heavy atom. The highest BCUT2D eigenvalue weighted by molar-refractivity contribution is 5.20. The summed E-state index contributed by atoms with van der Waals surface area (Å²) in [4.78, 5) is 0. The van der Waals surface area contributed by atoms with Crippen LogP contribution >= 0.6 is 0 Å². The summed E-state index contributed by atoms with van der Waals surface area (Å²) < 4.78 is 74.6. The Morgan fingerprint density at radius 2 is 1.44 bits per heavy atom. The molecule has 140 valence electrons. The molecule has 0 bridgehead atoms. The third-order valence-corrected chi connectivity index (χ3v) is 5.99. The van der Waals surface area contributed by atoms with Crippen LogP contribution in [0.3, 0.4) is 0 Å². The molecule has 0 aromatic heterocycles. The first-order chi connectivity index (χ1) is 13.5. The summed E-state index contributed by atoms with van der Waals surface area (Å²) in [5, 5.41) is 0. The third-order valence-electron chi connectivity index (χ3n) is 5.99. The van der Waals surface area contributed by atoms with E-state index in [0.29, 0.717) is 5.92 Å². The lowest BCUT2D eigenvalue weighted by Crippen LogP contribution is -2.26. The van der Waals surface area contributed by atoms with Gasteiger partial charge in [-0.05, 0) is 86.2 Å². The van der Waals surface area contributed by atoms with E-state index in [-0.39, 0.29) is 30.7 Å². The van der Waals surface area contributed by atoms with E-state index in [4.69, 9.17) is 5.48 Å². The van der Waals surface area contributed by atoms with Crippen LogP contribution < -0.4 is 0 Å². The quantitative estimate of drug-likeness (QED) is 0.495. The van der Waals surface area contributed by atoms with E-state index in [1.165, 1.54) is 12.8 Å². The summed E-state index contributed by atoms with van der Waals surface area (Å²) in [5.41, 5.74) is 0.0951. The van der Waals surface area contributed by atoms with Crippen LogP contribution in [0.25, 0.3) is 0 Å². The molecular weight excluding hydrogens is 321 g/mol. The average Bonchev–Trinajstić information content (AvgIpc) is 2.63. The second-order valence-electron chi connectivity index (χ2n) is 7.78. The smallest absolute Gasteiger partial charge is 0.194 e. The summed E-state index contributed by atoms with van der Waals surface area (Å²) >= 11 is 0. The van der Waals surface area contributed by atoms with Crippen LogP contribution in [0.2, 0.25) is 0 Å². The Hall–Kier alpha value is -0.990. The van der Waals surface area contributed by atoms with Gasteiger partial charge in [-0.2, -0.15) is 0 Å². The molecule has 0 unspecified atom stereocenters. The van der Waals surface area contributed by atoms with Crippen molar-refractivity contribution >= 4 is 0 Å². The van der Waals surface area contributed by atoms with Crippen molar-refractivity contribution in [2.75, 3.05) is 0 Å². The van der Waals surface area contributed by atoms with Gasteiger partial charge in [0, 0.05) is 5.48 Å². The first kappa shape index (κ1) is 14.1. The summed E-state index contributed by atoms with van der Waals surface area (Å²) in [6.45, 7) is 2.19. The van der Waals surface area contributed by atoms with Crippen molar-refractivity contribution in [3.05, 3.63) is 35.1 Å². The Bertz CT molecular complexity index is 673. The zero-order valence-electron chi connectivity index (χ0n) is 19.0. The van der Waals surface area contributed by atoms with E-state index in [1.807, 2.05) is 0 Å². The predicted octanol–water partition coefficient (Wildman–Crippen LogP) is 7.06. The highest BCUT2D eigenvalue weighted by Gasteiger charge is 2.30. The first-order valence-corrected chi connectivity index (χ1v) is 9.67. The van der Waals surface area contributed by atoms with Crippen molar-refractivity contribution in [1.82, 2.24) is 0 Å². The molecule has 0 spiro atoms. The van der Waals surface area contributed by atoms with Crippen LogP contribution in [0.4, 0.5) is 13.2 Å². The van der Waals surface area contributed by atoms with Crippen molar-refractivity contribution in [2.45, 2.75) is 77.5 Å². The Balaban J connectivity index is 1.72. The van der Waals surface area contributed by atoms with Gasteiger partial charge in [0.05, 0.1) is 0 Å². The zero-order chi connectivity index (χ0) is 21.4. The maximum Gasteiger partial charge on any atom is 0.194 e. The Labute approximate surface area is 155 Å². The van der Waals surface area contributed by atoms with Gasteiger partial charge in [-0.25, -0.2) is 13.2 Å². The molecule has 0 amide bonds. The topological polar surface area (TPSA) is 0 Å². The lowest BCUT2D eigenvalue weighted by molar-refractivity contribution is 0.143. The largest absolute Gasteiger partial charge is 0.204 e. The lowest BCUT2D eigenvalue weighted by Gasteiger charge is -2.38. The minimum Gasteiger partial charge on any atom is -0.204 e. The van der Waals surface area contributed by atoms with Crippen molar-refractivity contribution in [3.8, 4) is 0 Å². The predicted molar refractivity (Wildman–Crippen MR) is 95.8 cm³/mol. The van der Waals surface area contributed by atoms with Crippen molar-refractivity contribution in [1.29, 1.82) is 0 Å². The van der Waals surface area contributed by atoms with Gasteiger partial charge in [-0.15, -0.1) is 0 Å². The standard InChI is InChI=1S/C22H31F3/c1-2-3-15-4-8-18(9-5-15)19-10-6-16(7-11-19)12-17-13-20(23)22(25)21(24)14-17/h13-16,18-19H,2-12H2,1H3/i6D2,7D2. The summed E-state index contributed by atoms with van der Waals surface area (Å²) in [5.74, 6) is -4.15. The highest BCUT2D eigenvalue weighted by Crippen LogP contribution is 2.42. The highest BCUT2D eigenvalue weighted by atomic mass is 19.2. The van der Waals surface area contributed by atoms with Crippen LogP contribution in [0.15, 0.2) is 12.1 Å². The minimum atomic E-state index is -1.78. The number of halogens is 3. The van der Waals surface area contributed by atoms with Crippen LogP contribution in [0, 0.1) is 41.1 Å². The van der Waals surface area contributed by atoms with E-state index < -0.39 is 36.1 Å². The van der Waals surface area contributed by atoms with Gasteiger partial charge in [-0.3, -0.25) is 0 Å². The number of benzene rings is 1. The molecule has 0 nitrogen and oxygen atoms in total. The summed E-state index contributed by atoms with van der Waals surface area (Å²) in [7, 11) is 0. The Morgan fingerprint density at radius 1 is 0.880 bits per heavy atom. The molecule has 25 heavy (non-hydrogen) atoms. The molecule has 2 aliphatic carbocycles. The van der Waals surface area contributed by atoms with Gasteiger partial charge < -0.3 is 0 Å². The lowest BCUT2D eigenvalue weighted by atomic mass is 9.68. The second-order valence-corrected chi connectivity index (χ2v) is 7.78. The molecule has 3 rings (SSSR count). The maximum absolute atomic E-state index is 13.6. The summed E-state index contributed by atoms with van der Waals surface area (Å²) in [6, 6.07) is 1.71. The van der Waals surface area contributed by atoms with Crippen molar-refractivity contribution < 1.29 is 18.7 Å². The molecular formula is C22H31F3. The minimum absolute atomic E-state index is 0.0134. The summed E-state index contributed by atoms with van der Waals surface area (Å²) in [6.07, 6.45) is 3.56. The molecule has 0 atom stereocenters. The SMILES string of the molecule is [2H]C1([2H])CC(C2CCC(CCC)CC2)CC([2H])([2H])C1Cc1cc(F)c(F)c(F)c1. The van der Waals surface area contributed by atoms with E-state index in [1.54, 1.807) is 0 Å². The third kappa shape index (κ3) is 4.80. The van der Waals surface area contributed by atoms with Gasteiger partial charge in [0.15, 0.2) is 17.5 Å². The van der Waals surface area contributed by atoms with Crippen molar-refractivity contribution in [3.63, 3.8) is 0 Å². The molecule has 0 aliphatic heterocycles. The fourth-order valence-corrected chi connectivity index (χ4v) is 4.53. The fraction of sp³-hybridized carbons (Fsp3) is 0.727. The zero-order valence-corrected chi connectivity index (χ0v) is 15.0. The molecule has 1 aromatic carbocycles. The van der Waals surface area contributed by atoms with Gasteiger partial charge in [0.1, 0.15) is 0 Å². The van der Waals surface area contributed by atoms with E-state index in [2.05, 4.69) is 6.92 Å². The molecule has 0 N–H and O–H groups in total. The maximum atomic E-state index is 13.6. The van der Waals surface area contributed by atoms with E-state index in [9.17, 15) is 13.2 Å². The number of rotatable bonds is 5. The van der Waals surface area contributed by atoms with Crippen LogP contribution in [-0.2, 0) is 6.42 Å². The van der Waals surface area contributed by atoms with Gasteiger partial charge >= 0.3 is 0 Å². The first-order valence-electron chi connectivity index (χ1n) is 11.7. The van der Waals surface area contributed by atoms with Gasteiger partial charge in [0.25, 0.3) is 0 Å². The molecule has 3 heteroatoms. The van der Waals surface area contributed by atoms with Crippen LogP contribution in [0.5, 0.6) is 0 Å². The number of hydrogen-bond acceptors (Lipinski definition) is 0. The molecule has 2 fully saturated rings. The fourth-order valence-electron chi connectivity index (χ4n) is 4.53. The van der Waals surface area contributed by atoms with Crippen LogP contribution in [0.1, 0.15) is 82.1 Å². The van der Waals surface area contributed by atoms with Crippen LogP contribution in [-0.4, -0.2) is 0 Å². The van der Waals surface area contributed by atoms with E-state index in [0.717, 1.165) is 43.7 Å². The normalized spacial score (nSPS) is 36.8. The van der Waals surface area contributed by atoms with Crippen molar-refractivity contribution in [2.24, 2.45) is 23.7 Å². The monoisotopic (exact) mass is 356 g/mol. The van der Waals surface area contributed by atoms with Gasteiger partial charge in [0.2, 0.25) is 0 Å². The average molecular weight is 357 g/mol. The molecule has 2 saturated carbocycles. The number of hydrogen-bond donors (Lipinski definition) is 0. The second kappa shape index (κ2) is 8.60.